The van der Waals surface area contributed by atoms with Gasteiger partial charge >= 0.3 is 0 Å². The zero-order chi connectivity index (χ0) is 14.4. The number of aromatic nitrogens is 3. The van der Waals surface area contributed by atoms with Gasteiger partial charge in [-0.3, -0.25) is 4.98 Å². The second-order valence-electron chi connectivity index (χ2n) is 5.91. The second-order valence-corrected chi connectivity index (χ2v) is 5.91. The Balaban J connectivity index is 1.80. The number of fused-ring (bicyclic) bond motifs is 1. The molecule has 4 heteroatoms. The first-order valence-electron chi connectivity index (χ1n) is 7.44. The minimum atomic E-state index is 0.116. The van der Waals surface area contributed by atoms with Crippen LogP contribution in [0.4, 0.5) is 0 Å². The lowest BCUT2D eigenvalue weighted by Gasteiger charge is -2.25. The fourth-order valence-electron chi connectivity index (χ4n) is 3.85. The van der Waals surface area contributed by atoms with Gasteiger partial charge in [-0.2, -0.15) is 5.10 Å². The number of hydrogen-bond acceptors (Lipinski definition) is 3. The fourth-order valence-corrected chi connectivity index (χ4v) is 3.85. The van der Waals surface area contributed by atoms with Crippen molar-refractivity contribution in [2.24, 2.45) is 5.92 Å². The lowest BCUT2D eigenvalue weighted by molar-refractivity contribution is -0.110. The lowest BCUT2D eigenvalue weighted by Crippen LogP contribution is -2.16. The summed E-state index contributed by atoms with van der Waals surface area (Å²) in [6.07, 6.45) is 9.61. The molecule has 0 saturated carbocycles. The predicted molar refractivity (Wildman–Crippen MR) is 79.3 cm³/mol. The van der Waals surface area contributed by atoms with E-state index in [0.717, 1.165) is 31.2 Å². The van der Waals surface area contributed by atoms with Gasteiger partial charge in [0.2, 0.25) is 0 Å². The van der Waals surface area contributed by atoms with Gasteiger partial charge in [0, 0.05) is 30.0 Å². The van der Waals surface area contributed by atoms with Crippen LogP contribution >= 0.6 is 0 Å². The molecule has 0 radical (unpaired) electrons. The van der Waals surface area contributed by atoms with Gasteiger partial charge in [0.15, 0.2) is 0 Å². The largest absolute Gasteiger partial charge is 0.303 e. The summed E-state index contributed by atoms with van der Waals surface area (Å²) in [6, 6.07) is 3.95. The van der Waals surface area contributed by atoms with Crippen LogP contribution in [0.3, 0.4) is 0 Å². The van der Waals surface area contributed by atoms with Crippen LogP contribution in [0.1, 0.15) is 36.9 Å². The van der Waals surface area contributed by atoms with E-state index in [9.17, 15) is 4.79 Å². The number of carbonyl (C=O) groups is 1. The number of hydrogen-bond donors (Lipinski definition) is 0. The molecular weight excluding hydrogens is 262 g/mol. The highest BCUT2D eigenvalue weighted by Crippen LogP contribution is 2.46. The first kappa shape index (κ1) is 12.5. The Hall–Kier alpha value is -2.23. The maximum absolute atomic E-state index is 11.3. The highest BCUT2D eigenvalue weighted by Gasteiger charge is 2.35. The van der Waals surface area contributed by atoms with Crippen molar-refractivity contribution >= 4 is 6.29 Å². The summed E-state index contributed by atoms with van der Waals surface area (Å²) in [5, 5.41) is 4.56. The van der Waals surface area contributed by atoms with Crippen molar-refractivity contribution in [1.29, 1.82) is 0 Å². The number of allylic oxidation sites excluding steroid dienone is 2. The summed E-state index contributed by atoms with van der Waals surface area (Å²) in [7, 11) is 0. The molecule has 0 bridgehead atoms. The molecule has 2 aromatic heterocycles. The van der Waals surface area contributed by atoms with Crippen molar-refractivity contribution < 1.29 is 4.79 Å². The maximum Gasteiger partial charge on any atom is 0.127 e. The van der Waals surface area contributed by atoms with E-state index in [2.05, 4.69) is 17.0 Å². The van der Waals surface area contributed by atoms with Crippen LogP contribution in [0.2, 0.25) is 0 Å². The molecule has 2 aliphatic carbocycles. The number of carbonyl (C=O) groups excluding carboxylic acids is 1. The van der Waals surface area contributed by atoms with E-state index < -0.39 is 0 Å². The summed E-state index contributed by atoms with van der Waals surface area (Å²) >= 11 is 0. The first-order valence-corrected chi connectivity index (χ1v) is 7.44. The van der Waals surface area contributed by atoms with Gasteiger partial charge in [-0.05, 0) is 25.0 Å². The molecule has 0 fully saturated rings. The van der Waals surface area contributed by atoms with Crippen molar-refractivity contribution in [2.75, 3.05) is 0 Å². The number of aldehydes is 1. The van der Waals surface area contributed by atoms with Crippen LogP contribution in [0.15, 0.2) is 41.9 Å². The van der Waals surface area contributed by atoms with Gasteiger partial charge in [-0.1, -0.05) is 18.1 Å². The summed E-state index contributed by atoms with van der Waals surface area (Å²) in [5.41, 5.74) is 6.30. The Kier molecular flexibility index (Phi) is 2.77. The molecule has 21 heavy (non-hydrogen) atoms. The van der Waals surface area contributed by atoms with Gasteiger partial charge in [0.25, 0.3) is 0 Å². The molecule has 0 amide bonds. The van der Waals surface area contributed by atoms with E-state index in [1.807, 2.05) is 29.2 Å². The van der Waals surface area contributed by atoms with Crippen molar-refractivity contribution in [2.45, 2.75) is 32.1 Å². The summed E-state index contributed by atoms with van der Waals surface area (Å²) in [4.78, 5) is 15.5. The lowest BCUT2D eigenvalue weighted by atomic mass is 9.80. The molecule has 0 aromatic carbocycles. The number of nitrogens with zero attached hydrogens (tertiary/aromatic N) is 3. The van der Waals surface area contributed by atoms with Crippen LogP contribution in [0, 0.1) is 5.92 Å². The average Bonchev–Trinajstić information content (AvgIpc) is 3.12. The van der Waals surface area contributed by atoms with Gasteiger partial charge in [-0.25, -0.2) is 4.68 Å². The quantitative estimate of drug-likeness (QED) is 0.627. The summed E-state index contributed by atoms with van der Waals surface area (Å²) < 4.78 is 2.00. The summed E-state index contributed by atoms with van der Waals surface area (Å²) in [6.45, 7) is 2.20. The van der Waals surface area contributed by atoms with E-state index in [4.69, 9.17) is 0 Å². The standard InChI is InChI=1S/C17H17N3O/c1-11-15-9-19-20(14-3-2-6-18-8-14)16(15)7-12-4-5-13(10-21)17(11)12/h2-3,6,8-11,13H,4-5,7H2,1H3/t11-,13-/m0/s1. The third kappa shape index (κ3) is 1.78. The second kappa shape index (κ2) is 4.65. The Morgan fingerprint density at radius 1 is 1.38 bits per heavy atom. The Labute approximate surface area is 123 Å². The molecule has 2 heterocycles. The third-order valence-electron chi connectivity index (χ3n) is 4.83. The van der Waals surface area contributed by atoms with Crippen LogP contribution < -0.4 is 0 Å². The molecule has 106 valence electrons. The molecular formula is C17H17N3O. The molecule has 0 saturated heterocycles. The highest BCUT2D eigenvalue weighted by molar-refractivity contribution is 5.64. The van der Waals surface area contributed by atoms with Crippen LogP contribution in [-0.4, -0.2) is 21.1 Å². The van der Waals surface area contributed by atoms with Gasteiger partial charge in [-0.15, -0.1) is 0 Å². The number of pyridine rings is 1. The van der Waals surface area contributed by atoms with Gasteiger partial charge in [0.05, 0.1) is 23.8 Å². The zero-order valence-corrected chi connectivity index (χ0v) is 12.0. The fraction of sp³-hybridized carbons (Fsp3) is 0.353. The molecule has 2 aromatic rings. The summed E-state index contributed by atoms with van der Waals surface area (Å²) in [5.74, 6) is 0.414. The van der Waals surface area contributed by atoms with Gasteiger partial charge in [0.1, 0.15) is 6.29 Å². The smallest absolute Gasteiger partial charge is 0.127 e. The van der Waals surface area contributed by atoms with E-state index in [0.29, 0.717) is 5.92 Å². The minimum absolute atomic E-state index is 0.116. The molecule has 4 nitrogen and oxygen atoms in total. The Morgan fingerprint density at radius 3 is 3.05 bits per heavy atom. The van der Waals surface area contributed by atoms with E-state index in [-0.39, 0.29) is 5.92 Å². The molecule has 2 aliphatic rings. The van der Waals surface area contributed by atoms with Crippen molar-refractivity contribution in [1.82, 2.24) is 14.8 Å². The maximum atomic E-state index is 11.3. The van der Waals surface area contributed by atoms with Gasteiger partial charge < -0.3 is 4.79 Å². The molecule has 2 atom stereocenters. The van der Waals surface area contributed by atoms with E-state index in [1.54, 1.807) is 6.20 Å². The third-order valence-corrected chi connectivity index (χ3v) is 4.83. The van der Waals surface area contributed by atoms with Crippen LogP contribution in [0.25, 0.3) is 5.69 Å². The SMILES string of the molecule is C[C@@H]1C2=C(CC[C@H]2C=O)Cc2c1cnn2-c1cccnc1. The minimum Gasteiger partial charge on any atom is -0.303 e. The molecule has 4 rings (SSSR count). The molecule has 0 spiro atoms. The molecule has 0 unspecified atom stereocenters. The normalized spacial score (nSPS) is 23.9. The van der Waals surface area contributed by atoms with Crippen molar-refractivity contribution in [3.05, 3.63) is 53.1 Å². The number of rotatable bonds is 2. The van der Waals surface area contributed by atoms with Crippen molar-refractivity contribution in [3.63, 3.8) is 0 Å². The molecule has 0 N–H and O–H groups in total. The Bertz CT molecular complexity index is 730. The Morgan fingerprint density at radius 2 is 2.29 bits per heavy atom. The average molecular weight is 279 g/mol. The molecule has 0 aliphatic heterocycles. The van der Waals surface area contributed by atoms with Crippen molar-refractivity contribution in [3.8, 4) is 5.69 Å². The van der Waals surface area contributed by atoms with E-state index in [1.165, 1.54) is 22.4 Å². The predicted octanol–water partition coefficient (Wildman–Crippen LogP) is 2.83. The first-order chi connectivity index (χ1) is 10.3. The van der Waals surface area contributed by atoms with Crippen LogP contribution in [0.5, 0.6) is 0 Å². The monoisotopic (exact) mass is 279 g/mol. The zero-order valence-electron chi connectivity index (χ0n) is 12.0. The highest BCUT2D eigenvalue weighted by atomic mass is 16.1. The van der Waals surface area contributed by atoms with E-state index >= 15 is 0 Å². The topological polar surface area (TPSA) is 47.8 Å². The van der Waals surface area contributed by atoms with Crippen LogP contribution in [-0.2, 0) is 11.2 Å².